The van der Waals surface area contributed by atoms with Crippen LogP contribution in [0.2, 0.25) is 0 Å². The number of sulfonamides is 1. The van der Waals surface area contributed by atoms with Crippen LogP contribution in [0.1, 0.15) is 25.7 Å². The number of benzene rings is 2. The second-order valence-electron chi connectivity index (χ2n) is 6.35. The molecule has 5 nitrogen and oxygen atoms in total. The van der Waals surface area contributed by atoms with E-state index in [0.29, 0.717) is 0 Å². The molecule has 1 aliphatic carbocycles. The van der Waals surface area contributed by atoms with Crippen LogP contribution in [0.3, 0.4) is 0 Å². The molecular weight excluding hydrogens is 355 g/mol. The van der Waals surface area contributed by atoms with Crippen LogP contribution in [0.15, 0.2) is 59.5 Å². The molecule has 1 amide bonds. The van der Waals surface area contributed by atoms with Crippen LogP contribution in [0.25, 0.3) is 0 Å². The van der Waals surface area contributed by atoms with Crippen molar-refractivity contribution in [1.82, 2.24) is 5.32 Å². The van der Waals surface area contributed by atoms with E-state index in [1.807, 2.05) is 0 Å². The van der Waals surface area contributed by atoms with Crippen LogP contribution in [-0.2, 0) is 14.8 Å². The number of carbonyl (C=O) groups is 1. The summed E-state index contributed by atoms with van der Waals surface area (Å²) in [7, 11) is -3.95. The van der Waals surface area contributed by atoms with Gasteiger partial charge in [0, 0.05) is 6.04 Å². The molecule has 1 N–H and O–H groups in total. The van der Waals surface area contributed by atoms with E-state index in [-0.39, 0.29) is 29.1 Å². The molecule has 2 aromatic carbocycles. The van der Waals surface area contributed by atoms with Crippen molar-refractivity contribution >= 4 is 21.6 Å². The Morgan fingerprint density at radius 3 is 2.27 bits per heavy atom. The van der Waals surface area contributed by atoms with E-state index in [2.05, 4.69) is 5.32 Å². The second-order valence-corrected chi connectivity index (χ2v) is 8.21. The maximum absolute atomic E-state index is 13.3. The third kappa shape index (κ3) is 4.22. The monoisotopic (exact) mass is 376 g/mol. The minimum Gasteiger partial charge on any atom is -0.352 e. The molecule has 0 heterocycles. The minimum atomic E-state index is -3.95. The molecule has 0 aromatic heterocycles. The van der Waals surface area contributed by atoms with Gasteiger partial charge in [-0.3, -0.25) is 9.10 Å². The van der Waals surface area contributed by atoms with Gasteiger partial charge in [-0.1, -0.05) is 31.0 Å². The van der Waals surface area contributed by atoms with Crippen molar-refractivity contribution in [3.05, 3.63) is 60.4 Å². The van der Waals surface area contributed by atoms with Crippen molar-refractivity contribution < 1.29 is 17.6 Å². The van der Waals surface area contributed by atoms with Crippen molar-refractivity contribution in [3.8, 4) is 0 Å². The lowest BCUT2D eigenvalue weighted by Gasteiger charge is -2.25. The molecule has 1 saturated carbocycles. The molecule has 0 radical (unpaired) electrons. The Kier molecular flexibility index (Phi) is 5.56. The lowest BCUT2D eigenvalue weighted by atomic mass is 10.2. The van der Waals surface area contributed by atoms with Crippen LogP contribution in [0.5, 0.6) is 0 Å². The molecule has 0 aliphatic heterocycles. The summed E-state index contributed by atoms with van der Waals surface area (Å²) in [5.74, 6) is -0.832. The normalized spacial score (nSPS) is 15.0. The number of anilines is 1. The summed E-state index contributed by atoms with van der Waals surface area (Å²) in [6.45, 7) is -0.348. The summed E-state index contributed by atoms with van der Waals surface area (Å²) in [6.07, 6.45) is 3.95. The zero-order chi connectivity index (χ0) is 18.6. The van der Waals surface area contributed by atoms with Gasteiger partial charge in [0.2, 0.25) is 5.91 Å². The van der Waals surface area contributed by atoms with E-state index in [4.69, 9.17) is 0 Å². The smallest absolute Gasteiger partial charge is 0.264 e. The molecule has 1 fully saturated rings. The van der Waals surface area contributed by atoms with Crippen molar-refractivity contribution in [2.45, 2.75) is 36.6 Å². The number of carbonyl (C=O) groups excluding carboxylic acids is 1. The largest absolute Gasteiger partial charge is 0.352 e. The first-order valence-corrected chi connectivity index (χ1v) is 10.0. The first-order valence-electron chi connectivity index (χ1n) is 8.59. The molecule has 0 atom stereocenters. The van der Waals surface area contributed by atoms with E-state index in [1.165, 1.54) is 36.4 Å². The van der Waals surface area contributed by atoms with E-state index in [9.17, 15) is 17.6 Å². The summed E-state index contributed by atoms with van der Waals surface area (Å²) >= 11 is 0. The second kappa shape index (κ2) is 7.86. The van der Waals surface area contributed by atoms with Gasteiger partial charge in [0.25, 0.3) is 10.0 Å². The molecule has 0 bridgehead atoms. The van der Waals surface area contributed by atoms with E-state index < -0.39 is 15.8 Å². The molecule has 0 saturated heterocycles. The standard InChI is InChI=1S/C19H21FN2O3S/c20-15-10-12-17(13-11-15)22(14-19(23)21-16-6-4-5-7-16)26(24,25)18-8-2-1-3-9-18/h1-3,8-13,16H,4-7,14H2,(H,21,23). The zero-order valence-corrected chi connectivity index (χ0v) is 15.1. The average Bonchev–Trinajstić information content (AvgIpc) is 3.14. The van der Waals surface area contributed by atoms with Gasteiger partial charge in [0.15, 0.2) is 0 Å². The Morgan fingerprint density at radius 2 is 1.65 bits per heavy atom. The molecule has 1 aliphatic rings. The number of rotatable bonds is 6. The van der Waals surface area contributed by atoms with Crippen LogP contribution in [0.4, 0.5) is 10.1 Å². The van der Waals surface area contributed by atoms with Crippen molar-refractivity contribution in [3.63, 3.8) is 0 Å². The molecule has 3 rings (SSSR count). The van der Waals surface area contributed by atoms with Crippen molar-refractivity contribution in [2.24, 2.45) is 0 Å². The van der Waals surface area contributed by atoms with Crippen LogP contribution in [-0.4, -0.2) is 26.9 Å². The Bertz CT molecular complexity index is 848. The van der Waals surface area contributed by atoms with E-state index in [0.717, 1.165) is 30.0 Å². The maximum atomic E-state index is 13.3. The van der Waals surface area contributed by atoms with Crippen LogP contribution >= 0.6 is 0 Å². The Labute approximate surface area is 152 Å². The number of halogens is 1. The van der Waals surface area contributed by atoms with Gasteiger partial charge < -0.3 is 5.32 Å². The zero-order valence-electron chi connectivity index (χ0n) is 14.3. The Hall–Kier alpha value is -2.41. The Balaban J connectivity index is 1.89. The predicted molar refractivity (Wildman–Crippen MR) is 97.8 cm³/mol. The number of hydrogen-bond donors (Lipinski definition) is 1. The van der Waals surface area contributed by atoms with Gasteiger partial charge in [-0.15, -0.1) is 0 Å². The first-order chi connectivity index (χ1) is 12.5. The van der Waals surface area contributed by atoms with E-state index in [1.54, 1.807) is 18.2 Å². The molecule has 26 heavy (non-hydrogen) atoms. The highest BCUT2D eigenvalue weighted by Crippen LogP contribution is 2.24. The quantitative estimate of drug-likeness (QED) is 0.843. The summed E-state index contributed by atoms with van der Waals surface area (Å²) in [4.78, 5) is 12.5. The van der Waals surface area contributed by atoms with Gasteiger partial charge in [-0.2, -0.15) is 0 Å². The number of nitrogens with zero attached hydrogens (tertiary/aromatic N) is 1. The molecule has 7 heteroatoms. The predicted octanol–water partition coefficient (Wildman–Crippen LogP) is 3.08. The number of nitrogens with one attached hydrogen (secondary N) is 1. The lowest BCUT2D eigenvalue weighted by Crippen LogP contribution is -2.43. The maximum Gasteiger partial charge on any atom is 0.264 e. The summed E-state index contributed by atoms with van der Waals surface area (Å²) in [5, 5.41) is 2.89. The SMILES string of the molecule is O=C(CN(c1ccc(F)cc1)S(=O)(=O)c1ccccc1)NC1CCCC1. The highest BCUT2D eigenvalue weighted by Gasteiger charge is 2.28. The van der Waals surface area contributed by atoms with Crippen molar-refractivity contribution in [1.29, 1.82) is 0 Å². The number of hydrogen-bond acceptors (Lipinski definition) is 3. The van der Waals surface area contributed by atoms with Gasteiger partial charge in [0.1, 0.15) is 12.4 Å². The summed E-state index contributed by atoms with van der Waals surface area (Å²) in [5.41, 5.74) is 0.247. The van der Waals surface area contributed by atoms with Gasteiger partial charge in [0.05, 0.1) is 10.6 Å². The van der Waals surface area contributed by atoms with E-state index >= 15 is 0 Å². The van der Waals surface area contributed by atoms with Gasteiger partial charge in [-0.25, -0.2) is 12.8 Å². The van der Waals surface area contributed by atoms with Gasteiger partial charge >= 0.3 is 0 Å². The van der Waals surface area contributed by atoms with Crippen LogP contribution in [0, 0.1) is 5.82 Å². The fraction of sp³-hybridized carbons (Fsp3) is 0.316. The first kappa shape index (κ1) is 18.4. The fourth-order valence-corrected chi connectivity index (χ4v) is 4.56. The number of amides is 1. The molecule has 2 aromatic rings. The Morgan fingerprint density at radius 1 is 1.04 bits per heavy atom. The summed E-state index contributed by atoms with van der Waals surface area (Å²) in [6, 6.07) is 13.1. The van der Waals surface area contributed by atoms with Crippen molar-refractivity contribution in [2.75, 3.05) is 10.8 Å². The topological polar surface area (TPSA) is 66.5 Å². The molecule has 0 spiro atoms. The molecule has 0 unspecified atom stereocenters. The van der Waals surface area contributed by atoms with Crippen LogP contribution < -0.4 is 9.62 Å². The lowest BCUT2D eigenvalue weighted by molar-refractivity contribution is -0.120. The average molecular weight is 376 g/mol. The highest BCUT2D eigenvalue weighted by molar-refractivity contribution is 7.92. The third-order valence-electron chi connectivity index (χ3n) is 4.45. The third-order valence-corrected chi connectivity index (χ3v) is 6.24. The molecular formula is C19H21FN2O3S. The summed E-state index contributed by atoms with van der Waals surface area (Å²) < 4.78 is 40.4. The van der Waals surface area contributed by atoms with Gasteiger partial charge in [-0.05, 0) is 49.2 Å². The minimum absolute atomic E-state index is 0.0815. The molecule has 138 valence electrons. The fourth-order valence-electron chi connectivity index (χ4n) is 3.12. The highest BCUT2D eigenvalue weighted by atomic mass is 32.2.